The number of nitrogens with zero attached hydrogens (tertiary/aromatic N) is 2. The van der Waals surface area contributed by atoms with Gasteiger partial charge in [0, 0.05) is 38.0 Å². The second kappa shape index (κ2) is 10.2. The van der Waals surface area contributed by atoms with Gasteiger partial charge in [0.1, 0.15) is 5.75 Å². The van der Waals surface area contributed by atoms with Crippen LogP contribution in [0.5, 0.6) is 0 Å². The van der Waals surface area contributed by atoms with Gasteiger partial charge < -0.3 is 9.80 Å². The molecule has 0 saturated carbocycles. The molecule has 36 heavy (non-hydrogen) atoms. The summed E-state index contributed by atoms with van der Waals surface area (Å²) in [5, 5.41) is 1.14. The summed E-state index contributed by atoms with van der Waals surface area (Å²) < 4.78 is 25.0. The lowest BCUT2D eigenvalue weighted by molar-refractivity contribution is -0.135. The third kappa shape index (κ3) is 5.72. The van der Waals surface area contributed by atoms with Gasteiger partial charge in [-0.3, -0.25) is 9.59 Å². The van der Waals surface area contributed by atoms with Gasteiger partial charge in [-0.15, -0.1) is 0 Å². The zero-order valence-electron chi connectivity index (χ0n) is 20.6. The van der Waals surface area contributed by atoms with Gasteiger partial charge in [-0.25, -0.2) is 8.42 Å². The van der Waals surface area contributed by atoms with Crippen LogP contribution in [0.15, 0.2) is 60.0 Å². The van der Waals surface area contributed by atoms with Gasteiger partial charge in [0.2, 0.25) is 11.8 Å². The van der Waals surface area contributed by atoms with E-state index in [1.54, 1.807) is 4.90 Å². The molecule has 0 aromatic heterocycles. The van der Waals surface area contributed by atoms with Crippen molar-refractivity contribution in [1.82, 2.24) is 9.80 Å². The Morgan fingerprint density at radius 3 is 2.06 bits per heavy atom. The van der Waals surface area contributed by atoms with Crippen molar-refractivity contribution < 1.29 is 18.0 Å². The number of amides is 2. The van der Waals surface area contributed by atoms with Crippen LogP contribution >= 0.6 is 0 Å². The Kier molecular flexibility index (Phi) is 7.02. The maximum absolute atomic E-state index is 13.0. The first-order valence-corrected chi connectivity index (χ1v) is 14.6. The van der Waals surface area contributed by atoms with Gasteiger partial charge in [0.05, 0.1) is 0 Å². The molecular weight excluding hydrogens is 472 g/mol. The number of hydrogen-bond acceptors (Lipinski definition) is 4. The lowest BCUT2D eigenvalue weighted by Crippen LogP contribution is -2.45. The smallest absolute Gasteiger partial charge is 0.238 e. The fraction of sp³-hybridized carbons (Fsp3) is 0.448. The Hall–Kier alpha value is -2.93. The summed E-state index contributed by atoms with van der Waals surface area (Å²) in [7, 11) is -3.63. The van der Waals surface area contributed by atoms with Crippen LogP contribution in [0.1, 0.15) is 42.4 Å². The zero-order chi connectivity index (χ0) is 25.2. The van der Waals surface area contributed by atoms with Gasteiger partial charge >= 0.3 is 0 Å². The fourth-order valence-corrected chi connectivity index (χ4v) is 7.00. The summed E-state index contributed by atoms with van der Waals surface area (Å²) in [6.45, 7) is 2.62. The number of likely N-dealkylation sites (tertiary alicyclic amines) is 2. The highest BCUT2D eigenvalue weighted by Crippen LogP contribution is 2.41. The molecule has 2 aromatic carbocycles. The summed E-state index contributed by atoms with van der Waals surface area (Å²) in [4.78, 5) is 29.5. The summed E-state index contributed by atoms with van der Waals surface area (Å²) in [5.74, 6) is -0.196. The Bertz CT molecular complexity index is 1220. The SMILES string of the molecule is O=C(CC1Cc2ccccc2C1)N1CCC2(CC1)CCN(C(=O)CS(=O)(=O)/C=C/c1ccccc1)C2. The molecular formula is C29H34N2O4S. The van der Waals surface area contributed by atoms with Crippen LogP contribution in [0.2, 0.25) is 0 Å². The molecule has 2 amide bonds. The quantitative estimate of drug-likeness (QED) is 0.599. The Labute approximate surface area is 213 Å². The minimum atomic E-state index is -3.63. The highest BCUT2D eigenvalue weighted by atomic mass is 32.2. The van der Waals surface area contributed by atoms with Gasteiger partial charge in [-0.05, 0) is 66.2 Å². The largest absolute Gasteiger partial charge is 0.343 e. The van der Waals surface area contributed by atoms with E-state index < -0.39 is 15.6 Å². The highest BCUT2D eigenvalue weighted by Gasteiger charge is 2.43. The molecule has 0 radical (unpaired) electrons. The van der Waals surface area contributed by atoms with E-state index in [2.05, 4.69) is 24.3 Å². The van der Waals surface area contributed by atoms with Crippen LogP contribution in [0, 0.1) is 11.3 Å². The molecule has 0 N–H and O–H groups in total. The molecule has 190 valence electrons. The first kappa shape index (κ1) is 24.8. The van der Waals surface area contributed by atoms with E-state index in [1.165, 1.54) is 17.2 Å². The van der Waals surface area contributed by atoms with Gasteiger partial charge in [-0.1, -0.05) is 54.6 Å². The van der Waals surface area contributed by atoms with Crippen molar-refractivity contribution in [3.05, 3.63) is 76.7 Å². The van der Waals surface area contributed by atoms with Crippen molar-refractivity contribution in [3.63, 3.8) is 0 Å². The van der Waals surface area contributed by atoms with Crippen molar-refractivity contribution in [3.8, 4) is 0 Å². The van der Waals surface area contributed by atoms with E-state index in [4.69, 9.17) is 0 Å². The monoisotopic (exact) mass is 506 g/mol. The molecule has 2 aromatic rings. The lowest BCUT2D eigenvalue weighted by Gasteiger charge is -2.39. The van der Waals surface area contributed by atoms with Gasteiger partial charge in [0.15, 0.2) is 9.84 Å². The van der Waals surface area contributed by atoms with E-state index in [0.717, 1.165) is 56.2 Å². The standard InChI is InChI=1S/C29H34N2O4S/c32-27(20-24-18-25-8-4-5-9-26(25)19-24)30-14-11-29(12-15-30)13-16-31(22-29)28(33)21-36(34,35)17-10-23-6-2-1-3-7-23/h1-10,17,24H,11-16,18-22H2/b17-10+. The van der Waals surface area contributed by atoms with E-state index in [1.807, 2.05) is 35.2 Å². The molecule has 6 nitrogen and oxygen atoms in total. The number of hydrogen-bond donors (Lipinski definition) is 0. The van der Waals surface area contributed by atoms with Gasteiger partial charge in [0.25, 0.3) is 0 Å². The van der Waals surface area contributed by atoms with Crippen LogP contribution in [-0.4, -0.2) is 62.0 Å². The third-order valence-corrected chi connectivity index (χ3v) is 9.36. The van der Waals surface area contributed by atoms with E-state index >= 15 is 0 Å². The second-order valence-electron chi connectivity index (χ2n) is 10.7. The van der Waals surface area contributed by atoms with Crippen LogP contribution in [-0.2, 0) is 32.3 Å². The molecule has 2 saturated heterocycles. The lowest BCUT2D eigenvalue weighted by atomic mass is 9.77. The molecule has 2 heterocycles. The van der Waals surface area contributed by atoms with E-state index in [-0.39, 0.29) is 17.2 Å². The van der Waals surface area contributed by atoms with Crippen molar-refractivity contribution >= 4 is 27.7 Å². The van der Waals surface area contributed by atoms with Crippen LogP contribution in [0.3, 0.4) is 0 Å². The second-order valence-corrected chi connectivity index (χ2v) is 12.6. The summed E-state index contributed by atoms with van der Waals surface area (Å²) in [6, 6.07) is 17.7. The molecule has 5 rings (SSSR count). The molecule has 2 aliphatic heterocycles. The molecule has 1 aliphatic carbocycles. The number of carbonyl (C=O) groups is 2. The third-order valence-electron chi connectivity index (χ3n) is 8.16. The Morgan fingerprint density at radius 2 is 1.42 bits per heavy atom. The van der Waals surface area contributed by atoms with Crippen molar-refractivity contribution in [2.45, 2.75) is 38.5 Å². The van der Waals surface area contributed by atoms with Crippen molar-refractivity contribution in [2.24, 2.45) is 11.3 Å². The summed E-state index contributed by atoms with van der Waals surface area (Å²) in [6.07, 6.45) is 6.72. The first-order valence-electron chi connectivity index (χ1n) is 12.9. The maximum Gasteiger partial charge on any atom is 0.238 e. The Balaban J connectivity index is 1.09. The van der Waals surface area contributed by atoms with Gasteiger partial charge in [-0.2, -0.15) is 0 Å². The van der Waals surface area contributed by atoms with E-state index in [9.17, 15) is 18.0 Å². The van der Waals surface area contributed by atoms with Crippen molar-refractivity contribution in [2.75, 3.05) is 31.9 Å². The van der Waals surface area contributed by atoms with Crippen LogP contribution in [0.25, 0.3) is 6.08 Å². The average Bonchev–Trinajstić information content (AvgIpc) is 3.47. The average molecular weight is 507 g/mol. The molecule has 0 unspecified atom stereocenters. The number of benzene rings is 2. The number of piperidine rings is 1. The predicted octanol–water partition coefficient (Wildman–Crippen LogP) is 3.72. The van der Waals surface area contributed by atoms with Crippen LogP contribution in [0.4, 0.5) is 0 Å². The Morgan fingerprint density at radius 1 is 0.833 bits per heavy atom. The number of fused-ring (bicyclic) bond motifs is 1. The summed E-state index contributed by atoms with van der Waals surface area (Å²) in [5.41, 5.74) is 3.54. The predicted molar refractivity (Wildman–Crippen MR) is 141 cm³/mol. The number of sulfone groups is 1. The minimum absolute atomic E-state index is 0.000323. The topological polar surface area (TPSA) is 74.8 Å². The van der Waals surface area contributed by atoms with Crippen molar-refractivity contribution in [1.29, 1.82) is 0 Å². The normalized spacial score (nSPS) is 19.8. The molecule has 0 bridgehead atoms. The highest BCUT2D eigenvalue weighted by molar-refractivity contribution is 7.95. The molecule has 2 fully saturated rings. The zero-order valence-corrected chi connectivity index (χ0v) is 21.5. The fourth-order valence-electron chi connectivity index (χ4n) is 6.01. The maximum atomic E-state index is 13.0. The summed E-state index contributed by atoms with van der Waals surface area (Å²) >= 11 is 0. The number of rotatable bonds is 6. The van der Waals surface area contributed by atoms with E-state index in [0.29, 0.717) is 25.4 Å². The number of carbonyl (C=O) groups excluding carboxylic acids is 2. The van der Waals surface area contributed by atoms with Crippen LogP contribution < -0.4 is 0 Å². The molecule has 0 atom stereocenters. The molecule has 1 spiro atoms. The molecule has 7 heteroatoms. The first-order chi connectivity index (χ1) is 17.3. The molecule has 3 aliphatic rings. The minimum Gasteiger partial charge on any atom is -0.343 e.